The van der Waals surface area contributed by atoms with Crippen LogP contribution in [-0.4, -0.2) is 41.0 Å². The van der Waals surface area contributed by atoms with Gasteiger partial charge >= 0.3 is 0 Å². The highest BCUT2D eigenvalue weighted by Gasteiger charge is 2.27. The van der Waals surface area contributed by atoms with Crippen molar-refractivity contribution in [2.45, 2.75) is 51.1 Å². The maximum atomic E-state index is 12.5. The van der Waals surface area contributed by atoms with E-state index in [1.54, 1.807) is 10.9 Å². The molecule has 0 aliphatic rings. The average molecular weight is 308 g/mol. The van der Waals surface area contributed by atoms with Gasteiger partial charge in [0.2, 0.25) is 10.0 Å². The van der Waals surface area contributed by atoms with E-state index in [1.165, 1.54) is 10.5 Å². The van der Waals surface area contributed by atoms with Crippen LogP contribution >= 0.6 is 11.6 Å². The van der Waals surface area contributed by atoms with Gasteiger partial charge in [0.25, 0.3) is 0 Å². The Balaban J connectivity index is 2.95. The third kappa shape index (κ3) is 4.19. The zero-order valence-electron chi connectivity index (χ0n) is 11.7. The molecule has 0 aliphatic heterocycles. The fraction of sp³-hybridized carbons (Fsp3) is 0.750. The summed E-state index contributed by atoms with van der Waals surface area (Å²) in [6.45, 7) is 6.88. The predicted molar refractivity (Wildman–Crippen MR) is 76.9 cm³/mol. The molecule has 1 aromatic heterocycles. The van der Waals surface area contributed by atoms with Crippen LogP contribution in [0.5, 0.6) is 0 Å². The maximum absolute atomic E-state index is 12.5. The van der Waals surface area contributed by atoms with Crippen LogP contribution in [0.25, 0.3) is 0 Å². The monoisotopic (exact) mass is 307 g/mol. The van der Waals surface area contributed by atoms with Crippen molar-refractivity contribution in [2.75, 3.05) is 12.4 Å². The van der Waals surface area contributed by atoms with Crippen LogP contribution in [0.4, 0.5) is 0 Å². The minimum Gasteiger partial charge on any atom is -0.271 e. The number of rotatable bonds is 8. The molecule has 5 nitrogen and oxygen atoms in total. The van der Waals surface area contributed by atoms with E-state index in [0.717, 1.165) is 12.8 Å². The number of sulfonamides is 1. The van der Waals surface area contributed by atoms with E-state index < -0.39 is 10.0 Å². The molecule has 0 aliphatic carbocycles. The van der Waals surface area contributed by atoms with Crippen LogP contribution in [0.3, 0.4) is 0 Å². The largest absolute Gasteiger partial charge is 0.271 e. The molecule has 110 valence electrons. The lowest BCUT2D eigenvalue weighted by Gasteiger charge is -2.24. The van der Waals surface area contributed by atoms with Crippen molar-refractivity contribution in [3.05, 3.63) is 12.4 Å². The Hall–Kier alpha value is -0.590. The molecule has 0 aromatic carbocycles. The van der Waals surface area contributed by atoms with Gasteiger partial charge in [0.15, 0.2) is 0 Å². The van der Waals surface area contributed by atoms with Crippen molar-refractivity contribution in [3.8, 4) is 0 Å². The second-order valence-corrected chi connectivity index (χ2v) is 6.96. The van der Waals surface area contributed by atoms with Gasteiger partial charge in [-0.25, -0.2) is 8.42 Å². The van der Waals surface area contributed by atoms with E-state index in [1.807, 2.05) is 20.8 Å². The molecule has 0 N–H and O–H groups in total. The second kappa shape index (κ2) is 7.26. The Bertz CT molecular complexity index is 485. The SMILES string of the molecule is CCCN(C(C)C)S(=O)(=O)c1cnn(CCCCl)c1. The topological polar surface area (TPSA) is 55.2 Å². The van der Waals surface area contributed by atoms with E-state index in [4.69, 9.17) is 11.6 Å². The normalized spacial score (nSPS) is 12.5. The minimum absolute atomic E-state index is 0.0591. The van der Waals surface area contributed by atoms with Gasteiger partial charge in [-0.1, -0.05) is 6.92 Å². The summed E-state index contributed by atoms with van der Waals surface area (Å²) in [4.78, 5) is 0.254. The Morgan fingerprint density at radius 2 is 2.16 bits per heavy atom. The summed E-state index contributed by atoms with van der Waals surface area (Å²) >= 11 is 5.61. The Kier molecular flexibility index (Phi) is 6.29. The van der Waals surface area contributed by atoms with E-state index >= 15 is 0 Å². The van der Waals surface area contributed by atoms with Gasteiger partial charge in [-0.05, 0) is 26.7 Å². The van der Waals surface area contributed by atoms with E-state index in [-0.39, 0.29) is 10.9 Å². The van der Waals surface area contributed by atoms with E-state index in [2.05, 4.69) is 5.10 Å². The van der Waals surface area contributed by atoms with Crippen molar-refractivity contribution in [2.24, 2.45) is 0 Å². The Labute approximate surface area is 120 Å². The zero-order chi connectivity index (χ0) is 14.5. The first-order valence-electron chi connectivity index (χ1n) is 6.53. The number of nitrogens with zero attached hydrogens (tertiary/aromatic N) is 3. The standard InChI is InChI=1S/C12H22ClN3O2S/c1-4-7-16(11(2)3)19(17,18)12-9-14-15(10-12)8-5-6-13/h9-11H,4-8H2,1-3H3. The van der Waals surface area contributed by atoms with Gasteiger partial charge < -0.3 is 0 Å². The number of aromatic nitrogens is 2. The Morgan fingerprint density at radius 3 is 2.68 bits per heavy atom. The van der Waals surface area contributed by atoms with E-state index in [9.17, 15) is 8.42 Å². The Morgan fingerprint density at radius 1 is 1.47 bits per heavy atom. The van der Waals surface area contributed by atoms with Gasteiger partial charge in [0.05, 0.1) is 6.20 Å². The molecule has 0 saturated carbocycles. The second-order valence-electron chi connectivity index (χ2n) is 4.69. The lowest BCUT2D eigenvalue weighted by atomic mass is 10.4. The number of alkyl halides is 1. The summed E-state index contributed by atoms with van der Waals surface area (Å²) in [6, 6.07) is -0.0591. The summed E-state index contributed by atoms with van der Waals surface area (Å²) in [5, 5.41) is 4.07. The van der Waals surface area contributed by atoms with Gasteiger partial charge in [-0.2, -0.15) is 9.40 Å². The molecule has 7 heteroatoms. The van der Waals surface area contributed by atoms with Crippen LogP contribution in [-0.2, 0) is 16.6 Å². The van der Waals surface area contributed by atoms with Crippen LogP contribution in [0.2, 0.25) is 0 Å². The highest BCUT2D eigenvalue weighted by atomic mass is 35.5. The van der Waals surface area contributed by atoms with E-state index in [0.29, 0.717) is 19.0 Å². The fourth-order valence-electron chi connectivity index (χ4n) is 1.83. The summed E-state index contributed by atoms with van der Waals surface area (Å²) in [7, 11) is -3.45. The van der Waals surface area contributed by atoms with Gasteiger partial charge in [-0.15, -0.1) is 11.6 Å². The molecule has 0 amide bonds. The van der Waals surface area contributed by atoms with Gasteiger partial charge in [0.1, 0.15) is 4.90 Å². The van der Waals surface area contributed by atoms with Crippen LogP contribution in [0.15, 0.2) is 17.3 Å². The fourth-order valence-corrected chi connectivity index (χ4v) is 3.64. The summed E-state index contributed by atoms with van der Waals surface area (Å²) in [6.07, 6.45) is 4.55. The molecule has 1 heterocycles. The molecule has 19 heavy (non-hydrogen) atoms. The first-order chi connectivity index (χ1) is 8.93. The molecule has 1 aromatic rings. The molecule has 0 spiro atoms. The molecule has 0 saturated heterocycles. The summed E-state index contributed by atoms with van der Waals surface area (Å²) < 4.78 is 28.1. The third-order valence-electron chi connectivity index (χ3n) is 2.76. The highest BCUT2D eigenvalue weighted by Crippen LogP contribution is 2.18. The average Bonchev–Trinajstić information content (AvgIpc) is 2.82. The van der Waals surface area contributed by atoms with Gasteiger partial charge in [0, 0.05) is 31.2 Å². The maximum Gasteiger partial charge on any atom is 0.246 e. The third-order valence-corrected chi connectivity index (χ3v) is 5.05. The lowest BCUT2D eigenvalue weighted by molar-refractivity contribution is 0.354. The molecule has 1 rings (SSSR count). The number of hydrogen-bond acceptors (Lipinski definition) is 3. The highest BCUT2D eigenvalue weighted by molar-refractivity contribution is 7.89. The molecule has 0 bridgehead atoms. The van der Waals surface area contributed by atoms with Crippen molar-refractivity contribution in [1.82, 2.24) is 14.1 Å². The smallest absolute Gasteiger partial charge is 0.246 e. The van der Waals surface area contributed by atoms with Crippen molar-refractivity contribution in [3.63, 3.8) is 0 Å². The molecular weight excluding hydrogens is 286 g/mol. The zero-order valence-corrected chi connectivity index (χ0v) is 13.3. The van der Waals surface area contributed by atoms with Crippen molar-refractivity contribution in [1.29, 1.82) is 0 Å². The lowest BCUT2D eigenvalue weighted by Crippen LogP contribution is -2.37. The molecular formula is C12H22ClN3O2S. The molecule has 0 fully saturated rings. The van der Waals surface area contributed by atoms with Crippen molar-refractivity contribution >= 4 is 21.6 Å². The van der Waals surface area contributed by atoms with Crippen LogP contribution in [0.1, 0.15) is 33.6 Å². The molecule has 0 atom stereocenters. The summed E-state index contributed by atoms with van der Waals surface area (Å²) in [5.74, 6) is 0.538. The number of halogens is 1. The van der Waals surface area contributed by atoms with Crippen molar-refractivity contribution < 1.29 is 8.42 Å². The number of hydrogen-bond donors (Lipinski definition) is 0. The first-order valence-corrected chi connectivity index (χ1v) is 8.51. The minimum atomic E-state index is -3.45. The first kappa shape index (κ1) is 16.5. The molecule has 0 radical (unpaired) electrons. The number of aryl methyl sites for hydroxylation is 1. The van der Waals surface area contributed by atoms with Crippen LogP contribution < -0.4 is 0 Å². The quantitative estimate of drug-likeness (QED) is 0.693. The summed E-state index contributed by atoms with van der Waals surface area (Å²) in [5.41, 5.74) is 0. The molecule has 0 unspecified atom stereocenters. The van der Waals surface area contributed by atoms with Crippen LogP contribution in [0, 0.1) is 0 Å². The van der Waals surface area contributed by atoms with Gasteiger partial charge in [-0.3, -0.25) is 4.68 Å². The predicted octanol–water partition coefficient (Wildman–Crippen LogP) is 2.32.